The van der Waals surface area contributed by atoms with E-state index < -0.39 is 17.6 Å². The minimum absolute atomic E-state index is 0.234. The van der Waals surface area contributed by atoms with Crippen LogP contribution in [0.25, 0.3) is 10.9 Å². The average Bonchev–Trinajstić information content (AvgIpc) is 2.99. The molecule has 9 heteroatoms. The molecule has 3 heterocycles. The average molecular weight is 427 g/mol. The lowest BCUT2D eigenvalue weighted by Gasteiger charge is -2.27. The molecule has 136 valence electrons. The Balaban J connectivity index is 1.62. The molecule has 1 aliphatic rings. The van der Waals surface area contributed by atoms with Gasteiger partial charge < -0.3 is 9.97 Å². The Labute approximate surface area is 154 Å². The summed E-state index contributed by atoms with van der Waals surface area (Å²) in [6, 6.07) is 5.87. The number of hydrogen-bond acceptors (Lipinski definition) is 3. The van der Waals surface area contributed by atoms with E-state index in [1.54, 1.807) is 0 Å². The van der Waals surface area contributed by atoms with Crippen LogP contribution in [0.5, 0.6) is 0 Å². The molecule has 26 heavy (non-hydrogen) atoms. The van der Waals surface area contributed by atoms with Gasteiger partial charge in [-0.2, -0.15) is 13.2 Å². The van der Waals surface area contributed by atoms with Gasteiger partial charge in [0, 0.05) is 47.6 Å². The SMILES string of the molecule is O=c1[nH]c(C(F)(F)F)nc2c1CN(Cc1c[nH]c3cccc(Br)c13)CC2. The van der Waals surface area contributed by atoms with E-state index in [1.807, 2.05) is 34.3 Å². The summed E-state index contributed by atoms with van der Waals surface area (Å²) in [6.45, 7) is 1.40. The number of nitrogens with one attached hydrogen (secondary N) is 2. The number of hydrogen-bond donors (Lipinski definition) is 2. The molecule has 0 fully saturated rings. The third-order valence-electron chi connectivity index (χ3n) is 4.55. The number of aromatic amines is 2. The maximum atomic E-state index is 12.8. The van der Waals surface area contributed by atoms with Crippen molar-refractivity contribution in [3.63, 3.8) is 0 Å². The third kappa shape index (κ3) is 3.05. The summed E-state index contributed by atoms with van der Waals surface area (Å²) in [4.78, 5) is 22.8. The smallest absolute Gasteiger partial charge is 0.361 e. The molecule has 5 nitrogen and oxygen atoms in total. The molecule has 0 amide bonds. The van der Waals surface area contributed by atoms with E-state index >= 15 is 0 Å². The molecule has 0 unspecified atom stereocenters. The Morgan fingerprint density at radius 1 is 1.31 bits per heavy atom. The van der Waals surface area contributed by atoms with Gasteiger partial charge in [-0.25, -0.2) is 4.98 Å². The van der Waals surface area contributed by atoms with Crippen LogP contribution in [0.2, 0.25) is 0 Å². The van der Waals surface area contributed by atoms with Crippen LogP contribution in [-0.2, 0) is 25.7 Å². The third-order valence-corrected chi connectivity index (χ3v) is 5.21. The minimum Gasteiger partial charge on any atom is -0.361 e. The first kappa shape index (κ1) is 17.3. The summed E-state index contributed by atoms with van der Waals surface area (Å²) in [7, 11) is 0. The highest BCUT2D eigenvalue weighted by Gasteiger charge is 2.36. The van der Waals surface area contributed by atoms with E-state index in [9.17, 15) is 18.0 Å². The first-order valence-electron chi connectivity index (χ1n) is 7.99. The predicted octanol–water partition coefficient (Wildman–Crippen LogP) is 3.59. The lowest BCUT2D eigenvalue weighted by atomic mass is 10.1. The van der Waals surface area contributed by atoms with Gasteiger partial charge >= 0.3 is 6.18 Å². The molecule has 0 atom stereocenters. The Hall–Kier alpha value is -2.13. The van der Waals surface area contributed by atoms with Gasteiger partial charge in [-0.3, -0.25) is 9.69 Å². The Bertz CT molecular complexity index is 1040. The molecule has 0 saturated carbocycles. The van der Waals surface area contributed by atoms with Crippen molar-refractivity contribution >= 4 is 26.8 Å². The van der Waals surface area contributed by atoms with E-state index in [1.165, 1.54) is 0 Å². The number of halogens is 4. The molecule has 1 aromatic carbocycles. The number of fused-ring (bicyclic) bond motifs is 2. The molecular formula is C17H14BrF3N4O. The van der Waals surface area contributed by atoms with Crippen molar-refractivity contribution in [2.24, 2.45) is 0 Å². The lowest BCUT2D eigenvalue weighted by molar-refractivity contribution is -0.145. The molecule has 2 N–H and O–H groups in total. The molecule has 4 rings (SSSR count). The topological polar surface area (TPSA) is 64.8 Å². The second kappa shape index (κ2) is 6.24. The number of aromatic nitrogens is 3. The van der Waals surface area contributed by atoms with E-state index in [4.69, 9.17) is 0 Å². The predicted molar refractivity (Wildman–Crippen MR) is 93.7 cm³/mol. The van der Waals surface area contributed by atoms with Crippen molar-refractivity contribution in [1.82, 2.24) is 19.9 Å². The highest BCUT2D eigenvalue weighted by atomic mass is 79.9. The van der Waals surface area contributed by atoms with Gasteiger partial charge in [0.15, 0.2) is 0 Å². The van der Waals surface area contributed by atoms with Crippen molar-refractivity contribution in [2.45, 2.75) is 25.7 Å². The van der Waals surface area contributed by atoms with Crippen LogP contribution in [0.4, 0.5) is 13.2 Å². The monoisotopic (exact) mass is 426 g/mol. The van der Waals surface area contributed by atoms with Crippen LogP contribution in [0.1, 0.15) is 22.6 Å². The first-order chi connectivity index (χ1) is 12.3. The molecule has 0 saturated heterocycles. The summed E-state index contributed by atoms with van der Waals surface area (Å²) < 4.78 is 39.4. The van der Waals surface area contributed by atoms with Crippen molar-refractivity contribution in [2.75, 3.05) is 6.54 Å². The van der Waals surface area contributed by atoms with Gasteiger partial charge in [0.1, 0.15) is 0 Å². The van der Waals surface area contributed by atoms with Crippen LogP contribution in [-0.4, -0.2) is 26.4 Å². The van der Waals surface area contributed by atoms with Gasteiger partial charge in [-0.1, -0.05) is 22.0 Å². The normalized spacial score (nSPS) is 15.4. The fraction of sp³-hybridized carbons (Fsp3) is 0.294. The van der Waals surface area contributed by atoms with Gasteiger partial charge in [-0.05, 0) is 17.7 Å². The fourth-order valence-electron chi connectivity index (χ4n) is 3.32. The van der Waals surface area contributed by atoms with Gasteiger partial charge in [0.2, 0.25) is 5.82 Å². The van der Waals surface area contributed by atoms with Gasteiger partial charge in [0.25, 0.3) is 5.56 Å². The van der Waals surface area contributed by atoms with Crippen molar-refractivity contribution in [3.8, 4) is 0 Å². The Kier molecular flexibility index (Phi) is 4.15. The molecule has 0 radical (unpaired) electrons. The summed E-state index contributed by atoms with van der Waals surface area (Å²) in [5, 5.41) is 1.07. The van der Waals surface area contributed by atoms with Crippen molar-refractivity contribution in [3.05, 3.63) is 61.9 Å². The Morgan fingerprint density at radius 3 is 2.88 bits per heavy atom. The zero-order chi connectivity index (χ0) is 18.5. The lowest BCUT2D eigenvalue weighted by Crippen LogP contribution is -2.36. The van der Waals surface area contributed by atoms with E-state index in [0.29, 0.717) is 25.1 Å². The molecule has 0 bridgehead atoms. The number of benzene rings is 1. The van der Waals surface area contributed by atoms with Crippen molar-refractivity contribution in [1.29, 1.82) is 0 Å². The highest BCUT2D eigenvalue weighted by molar-refractivity contribution is 9.10. The molecule has 3 aromatic rings. The molecule has 0 aliphatic carbocycles. The minimum atomic E-state index is -4.65. The van der Waals surface area contributed by atoms with Gasteiger partial charge in [-0.15, -0.1) is 0 Å². The molecule has 0 spiro atoms. The zero-order valence-electron chi connectivity index (χ0n) is 13.5. The summed E-state index contributed by atoms with van der Waals surface area (Å²) in [5.41, 5.74) is 1.89. The largest absolute Gasteiger partial charge is 0.449 e. The van der Waals surface area contributed by atoms with Crippen LogP contribution in [0, 0.1) is 0 Å². The fourth-order valence-corrected chi connectivity index (χ4v) is 3.94. The number of nitrogens with zero attached hydrogens (tertiary/aromatic N) is 2. The maximum Gasteiger partial charge on any atom is 0.449 e. The van der Waals surface area contributed by atoms with Crippen molar-refractivity contribution < 1.29 is 13.2 Å². The van der Waals surface area contributed by atoms with Crippen LogP contribution >= 0.6 is 15.9 Å². The van der Waals surface area contributed by atoms with E-state index in [-0.39, 0.29) is 12.2 Å². The van der Waals surface area contributed by atoms with E-state index in [0.717, 1.165) is 20.9 Å². The van der Waals surface area contributed by atoms with Gasteiger partial charge in [0.05, 0.1) is 11.3 Å². The number of H-pyrrole nitrogens is 2. The Morgan fingerprint density at radius 2 is 2.12 bits per heavy atom. The number of rotatable bonds is 2. The van der Waals surface area contributed by atoms with Crippen LogP contribution in [0.15, 0.2) is 33.7 Å². The summed E-state index contributed by atoms with van der Waals surface area (Å²) in [6.07, 6.45) is -2.42. The van der Waals surface area contributed by atoms with Crippen LogP contribution < -0.4 is 5.56 Å². The second-order valence-electron chi connectivity index (χ2n) is 6.27. The molecule has 1 aliphatic heterocycles. The summed E-state index contributed by atoms with van der Waals surface area (Å²) >= 11 is 3.55. The van der Waals surface area contributed by atoms with Crippen LogP contribution in [0.3, 0.4) is 0 Å². The standard InChI is InChI=1S/C17H14BrF3N4O/c18-11-2-1-3-13-14(11)9(6-22-13)7-25-5-4-12-10(8-25)15(26)24-16(23-12)17(19,20)21/h1-3,6,22H,4-5,7-8H2,(H,23,24,26). The zero-order valence-corrected chi connectivity index (χ0v) is 15.0. The first-order valence-corrected chi connectivity index (χ1v) is 8.78. The quantitative estimate of drug-likeness (QED) is 0.657. The second-order valence-corrected chi connectivity index (χ2v) is 7.13. The maximum absolute atomic E-state index is 12.8. The number of alkyl halides is 3. The summed E-state index contributed by atoms with van der Waals surface area (Å²) in [5.74, 6) is -1.23. The molecule has 2 aromatic heterocycles. The van der Waals surface area contributed by atoms with E-state index in [2.05, 4.69) is 25.9 Å². The molecular weight excluding hydrogens is 413 g/mol. The highest BCUT2D eigenvalue weighted by Crippen LogP contribution is 2.29.